The average Bonchev–Trinajstić information content (AvgIpc) is 2.79. The topological polar surface area (TPSA) is 97.3 Å². The van der Waals surface area contributed by atoms with Crippen molar-refractivity contribution in [1.82, 2.24) is 9.73 Å². The van der Waals surface area contributed by atoms with Crippen molar-refractivity contribution in [2.45, 2.75) is 11.8 Å². The maximum absolute atomic E-state index is 12.8. The zero-order chi connectivity index (χ0) is 23.1. The Morgan fingerprint density at radius 1 is 1.06 bits per heavy atom. The van der Waals surface area contributed by atoms with Crippen molar-refractivity contribution in [2.75, 3.05) is 27.3 Å². The highest BCUT2D eigenvalue weighted by atomic mass is 32.2. The van der Waals surface area contributed by atoms with Crippen LogP contribution in [0.3, 0.4) is 0 Å². The highest BCUT2D eigenvalue weighted by Gasteiger charge is 2.23. The fraction of sp³-hybridized carbons (Fsp3) is 0.217. The quantitative estimate of drug-likeness (QED) is 0.395. The molecule has 1 N–H and O–H groups in total. The minimum absolute atomic E-state index is 0.122. The van der Waals surface area contributed by atoms with Crippen LogP contribution in [-0.4, -0.2) is 52.2 Å². The first-order chi connectivity index (χ1) is 15.3. The highest BCUT2D eigenvalue weighted by molar-refractivity contribution is 7.89. The van der Waals surface area contributed by atoms with Gasteiger partial charge in [-0.3, -0.25) is 4.79 Å². The number of fused-ring (bicyclic) bond motifs is 1. The summed E-state index contributed by atoms with van der Waals surface area (Å²) >= 11 is 0. The Morgan fingerprint density at radius 2 is 1.81 bits per heavy atom. The molecule has 8 nitrogen and oxygen atoms in total. The molecule has 0 saturated carbocycles. The van der Waals surface area contributed by atoms with Crippen molar-refractivity contribution < 1.29 is 22.7 Å². The monoisotopic (exact) mass is 455 g/mol. The molecular weight excluding hydrogens is 430 g/mol. The minimum Gasteiger partial charge on any atom is -0.493 e. The third kappa shape index (κ3) is 5.43. The first-order valence-corrected chi connectivity index (χ1v) is 11.4. The molecule has 32 heavy (non-hydrogen) atoms. The lowest BCUT2D eigenvalue weighted by Gasteiger charge is -2.16. The molecule has 0 aliphatic rings. The van der Waals surface area contributed by atoms with Crippen molar-refractivity contribution in [3.8, 4) is 11.5 Å². The molecule has 9 heteroatoms. The molecule has 0 bridgehead atoms. The van der Waals surface area contributed by atoms with Gasteiger partial charge in [0.2, 0.25) is 10.0 Å². The minimum atomic E-state index is -3.83. The van der Waals surface area contributed by atoms with E-state index in [2.05, 4.69) is 10.5 Å². The van der Waals surface area contributed by atoms with Gasteiger partial charge in [-0.25, -0.2) is 13.8 Å². The first-order valence-electron chi connectivity index (χ1n) is 9.93. The van der Waals surface area contributed by atoms with Gasteiger partial charge in [0.05, 0.1) is 31.4 Å². The van der Waals surface area contributed by atoms with Gasteiger partial charge < -0.3 is 9.47 Å². The van der Waals surface area contributed by atoms with Gasteiger partial charge >= 0.3 is 0 Å². The van der Waals surface area contributed by atoms with Crippen molar-refractivity contribution in [1.29, 1.82) is 0 Å². The van der Waals surface area contributed by atoms with Crippen LogP contribution in [0.15, 0.2) is 70.7 Å². The zero-order valence-corrected chi connectivity index (χ0v) is 18.9. The van der Waals surface area contributed by atoms with E-state index in [1.807, 2.05) is 31.2 Å². The van der Waals surface area contributed by atoms with Crippen LogP contribution < -0.4 is 14.9 Å². The summed E-state index contributed by atoms with van der Waals surface area (Å²) in [5, 5.41) is 5.64. The summed E-state index contributed by atoms with van der Waals surface area (Å²) in [7, 11) is -0.945. The van der Waals surface area contributed by atoms with E-state index in [-0.39, 0.29) is 11.4 Å². The largest absolute Gasteiger partial charge is 0.493 e. The number of ether oxygens (including phenoxy) is 2. The Balaban J connectivity index is 1.63. The van der Waals surface area contributed by atoms with E-state index in [1.54, 1.807) is 30.3 Å². The molecule has 3 rings (SSSR count). The number of nitrogens with zero attached hydrogens (tertiary/aromatic N) is 2. The number of benzene rings is 3. The van der Waals surface area contributed by atoms with Crippen LogP contribution in [-0.2, 0) is 14.8 Å². The Morgan fingerprint density at radius 3 is 2.53 bits per heavy atom. The number of hydrogen-bond acceptors (Lipinski definition) is 6. The number of nitrogens with one attached hydrogen (secondary N) is 1. The Hall–Kier alpha value is -3.43. The standard InChI is InChI=1S/C23H25N3O5S/c1-4-31-21-12-9-17(13-22(21)30-3)15-24-25-23(27)16-26(2)32(28,29)20-11-10-18-7-5-6-8-19(18)14-20/h5-15H,4,16H2,1-3H3,(H,25,27)/b24-15-. The molecule has 1 amide bonds. The molecule has 0 aromatic heterocycles. The summed E-state index contributed by atoms with van der Waals surface area (Å²) in [4.78, 5) is 12.3. The van der Waals surface area contributed by atoms with Crippen molar-refractivity contribution in [3.05, 3.63) is 66.2 Å². The lowest BCUT2D eigenvalue weighted by Crippen LogP contribution is -2.36. The highest BCUT2D eigenvalue weighted by Crippen LogP contribution is 2.27. The van der Waals surface area contributed by atoms with Crippen LogP contribution in [0, 0.1) is 0 Å². The van der Waals surface area contributed by atoms with E-state index < -0.39 is 15.9 Å². The number of carbonyl (C=O) groups is 1. The maximum atomic E-state index is 12.8. The van der Waals surface area contributed by atoms with E-state index in [0.717, 1.165) is 15.1 Å². The number of likely N-dealkylation sites (N-methyl/N-ethyl adjacent to an activating group) is 1. The Kier molecular flexibility index (Phi) is 7.45. The fourth-order valence-corrected chi connectivity index (χ4v) is 4.21. The normalized spacial score (nSPS) is 11.8. The summed E-state index contributed by atoms with van der Waals surface area (Å²) in [5.74, 6) is 0.589. The van der Waals surface area contributed by atoms with Crippen LogP contribution in [0.2, 0.25) is 0 Å². The second kappa shape index (κ2) is 10.3. The van der Waals surface area contributed by atoms with Crippen LogP contribution in [0.4, 0.5) is 0 Å². The summed E-state index contributed by atoms with van der Waals surface area (Å²) in [6.07, 6.45) is 1.44. The number of hydrazone groups is 1. The lowest BCUT2D eigenvalue weighted by molar-refractivity contribution is -0.121. The van der Waals surface area contributed by atoms with Gasteiger partial charge in [0, 0.05) is 7.05 Å². The first kappa shape index (κ1) is 23.2. The summed E-state index contributed by atoms with van der Waals surface area (Å²) in [6.45, 7) is 2.01. The fourth-order valence-electron chi connectivity index (χ4n) is 3.05. The molecule has 0 heterocycles. The molecule has 3 aromatic carbocycles. The number of hydrogen-bond donors (Lipinski definition) is 1. The molecule has 3 aromatic rings. The van der Waals surface area contributed by atoms with Gasteiger partial charge in [-0.15, -0.1) is 0 Å². The number of amides is 1. The van der Waals surface area contributed by atoms with Crippen LogP contribution in [0.1, 0.15) is 12.5 Å². The van der Waals surface area contributed by atoms with Gasteiger partial charge in [0.1, 0.15) is 0 Å². The van der Waals surface area contributed by atoms with E-state index in [9.17, 15) is 13.2 Å². The summed E-state index contributed by atoms with van der Waals surface area (Å²) < 4.78 is 37.4. The van der Waals surface area contributed by atoms with Gasteiger partial charge in [-0.1, -0.05) is 30.3 Å². The summed E-state index contributed by atoms with van der Waals surface area (Å²) in [6, 6.07) is 17.6. The molecule has 0 spiro atoms. The zero-order valence-electron chi connectivity index (χ0n) is 18.1. The van der Waals surface area contributed by atoms with E-state index in [0.29, 0.717) is 23.7 Å². The Bertz CT molecular complexity index is 1240. The number of carbonyl (C=O) groups excluding carboxylic acids is 1. The van der Waals surface area contributed by atoms with Gasteiger partial charge in [-0.05, 0) is 53.6 Å². The lowest BCUT2D eigenvalue weighted by atomic mass is 10.1. The Labute approximate surface area is 187 Å². The molecule has 0 fully saturated rings. The molecular formula is C23H25N3O5S. The number of methoxy groups -OCH3 is 1. The third-order valence-corrected chi connectivity index (χ3v) is 6.49. The predicted molar refractivity (Wildman–Crippen MR) is 124 cm³/mol. The molecule has 0 unspecified atom stereocenters. The second-order valence-corrected chi connectivity index (χ2v) is 8.95. The predicted octanol–water partition coefficient (Wildman–Crippen LogP) is 3.02. The molecule has 0 saturated heterocycles. The SMILES string of the molecule is CCOc1ccc(/C=N\NC(=O)CN(C)S(=O)(=O)c2ccc3ccccc3c2)cc1OC. The number of rotatable bonds is 9. The van der Waals surface area contributed by atoms with Crippen LogP contribution >= 0.6 is 0 Å². The molecule has 168 valence electrons. The van der Waals surface area contributed by atoms with Crippen molar-refractivity contribution in [3.63, 3.8) is 0 Å². The van der Waals surface area contributed by atoms with Crippen LogP contribution in [0.5, 0.6) is 11.5 Å². The van der Waals surface area contributed by atoms with Gasteiger partial charge in [0.15, 0.2) is 11.5 Å². The maximum Gasteiger partial charge on any atom is 0.255 e. The third-order valence-electron chi connectivity index (χ3n) is 4.69. The summed E-state index contributed by atoms with van der Waals surface area (Å²) in [5.41, 5.74) is 3.03. The van der Waals surface area contributed by atoms with E-state index in [4.69, 9.17) is 9.47 Å². The smallest absolute Gasteiger partial charge is 0.255 e. The number of sulfonamides is 1. The average molecular weight is 456 g/mol. The van der Waals surface area contributed by atoms with Crippen molar-refractivity contribution >= 4 is 32.9 Å². The molecule has 0 radical (unpaired) electrons. The second-order valence-electron chi connectivity index (χ2n) is 6.91. The molecule has 0 aliphatic heterocycles. The van der Waals surface area contributed by atoms with Gasteiger partial charge in [0.25, 0.3) is 5.91 Å². The van der Waals surface area contributed by atoms with Crippen LogP contribution in [0.25, 0.3) is 10.8 Å². The van der Waals surface area contributed by atoms with E-state index in [1.165, 1.54) is 26.4 Å². The molecule has 0 aliphatic carbocycles. The van der Waals surface area contributed by atoms with Gasteiger partial charge in [-0.2, -0.15) is 9.41 Å². The van der Waals surface area contributed by atoms with Crippen molar-refractivity contribution in [2.24, 2.45) is 5.10 Å². The molecule has 0 atom stereocenters. The van der Waals surface area contributed by atoms with E-state index >= 15 is 0 Å².